The maximum absolute atomic E-state index is 12.0. The van der Waals surface area contributed by atoms with Gasteiger partial charge in [-0.25, -0.2) is 0 Å². The van der Waals surface area contributed by atoms with Crippen LogP contribution in [0.1, 0.15) is 47.5 Å². The fourth-order valence-corrected chi connectivity index (χ4v) is 2.66. The zero-order chi connectivity index (χ0) is 13.7. The van der Waals surface area contributed by atoms with Crippen LogP contribution in [0.4, 0.5) is 0 Å². The number of likely N-dealkylation sites (N-methyl/N-ethyl adjacent to an activating group) is 1. The second kappa shape index (κ2) is 7.13. The lowest BCUT2D eigenvalue weighted by Gasteiger charge is -2.29. The van der Waals surface area contributed by atoms with E-state index in [4.69, 9.17) is 0 Å². The van der Waals surface area contributed by atoms with Gasteiger partial charge in [0.2, 0.25) is 5.91 Å². The number of nitrogens with one attached hydrogen (secondary N) is 1. The van der Waals surface area contributed by atoms with Gasteiger partial charge in [0.05, 0.1) is 0 Å². The molecule has 1 aliphatic rings. The van der Waals surface area contributed by atoms with E-state index >= 15 is 0 Å². The predicted molar refractivity (Wildman–Crippen MR) is 76.4 cm³/mol. The van der Waals surface area contributed by atoms with Gasteiger partial charge >= 0.3 is 0 Å². The third-order valence-corrected chi connectivity index (χ3v) is 4.40. The minimum absolute atomic E-state index is 0.347. The first kappa shape index (κ1) is 15.5. The van der Waals surface area contributed by atoms with E-state index in [1.165, 1.54) is 0 Å². The summed E-state index contributed by atoms with van der Waals surface area (Å²) in [6.07, 6.45) is 1.91. The van der Waals surface area contributed by atoms with Crippen LogP contribution in [0.2, 0.25) is 0 Å². The van der Waals surface area contributed by atoms with Gasteiger partial charge in [-0.2, -0.15) is 0 Å². The zero-order valence-corrected chi connectivity index (χ0v) is 12.7. The van der Waals surface area contributed by atoms with E-state index in [0.717, 1.165) is 32.5 Å². The van der Waals surface area contributed by atoms with E-state index in [2.05, 4.69) is 44.8 Å². The molecule has 0 bridgehead atoms. The summed E-state index contributed by atoms with van der Waals surface area (Å²) in [4.78, 5) is 14.1. The fourth-order valence-electron chi connectivity index (χ4n) is 2.66. The summed E-state index contributed by atoms with van der Waals surface area (Å²) in [5.74, 6) is 2.13. The van der Waals surface area contributed by atoms with Crippen molar-refractivity contribution in [1.82, 2.24) is 10.2 Å². The molecular formula is C15H30N2O. The second-order valence-corrected chi connectivity index (χ2v) is 6.06. The second-order valence-electron chi connectivity index (χ2n) is 6.06. The molecule has 0 aliphatic carbocycles. The molecule has 0 aromatic carbocycles. The van der Waals surface area contributed by atoms with Crippen molar-refractivity contribution in [3.63, 3.8) is 0 Å². The summed E-state index contributed by atoms with van der Waals surface area (Å²) in [6, 6.07) is 0.440. The van der Waals surface area contributed by atoms with Crippen LogP contribution >= 0.6 is 0 Å². The van der Waals surface area contributed by atoms with Crippen LogP contribution in [-0.4, -0.2) is 36.5 Å². The average Bonchev–Trinajstić information content (AvgIpc) is 2.69. The van der Waals surface area contributed by atoms with Crippen LogP contribution in [0.5, 0.6) is 0 Å². The van der Waals surface area contributed by atoms with Crippen molar-refractivity contribution in [3.8, 4) is 0 Å². The van der Waals surface area contributed by atoms with Gasteiger partial charge in [0, 0.05) is 25.6 Å². The minimum atomic E-state index is 0.347. The molecule has 1 heterocycles. The topological polar surface area (TPSA) is 32.3 Å². The molecule has 1 aliphatic heterocycles. The monoisotopic (exact) mass is 254 g/mol. The van der Waals surface area contributed by atoms with Crippen molar-refractivity contribution in [2.45, 2.75) is 53.5 Å². The normalized spacial score (nSPS) is 23.8. The van der Waals surface area contributed by atoms with E-state index in [-0.39, 0.29) is 0 Å². The van der Waals surface area contributed by atoms with Gasteiger partial charge in [0.1, 0.15) is 0 Å². The summed E-state index contributed by atoms with van der Waals surface area (Å²) >= 11 is 0. The number of rotatable bonds is 7. The lowest BCUT2D eigenvalue weighted by atomic mass is 9.95. The van der Waals surface area contributed by atoms with Crippen LogP contribution in [0, 0.1) is 17.8 Å². The smallest absolute Gasteiger partial charge is 0.222 e. The number of hydrogen-bond donors (Lipinski definition) is 1. The van der Waals surface area contributed by atoms with Crippen LogP contribution in [0.3, 0.4) is 0 Å². The van der Waals surface area contributed by atoms with Crippen molar-refractivity contribution in [2.24, 2.45) is 17.8 Å². The SMILES string of the molecule is CCNC(CN1CC(C(C)C)CC1=O)C(C)CC. The molecule has 3 unspecified atom stereocenters. The maximum atomic E-state index is 12.0. The molecular weight excluding hydrogens is 224 g/mol. The molecule has 106 valence electrons. The van der Waals surface area contributed by atoms with Crippen LogP contribution in [0.15, 0.2) is 0 Å². The Kier molecular flexibility index (Phi) is 6.13. The third kappa shape index (κ3) is 3.98. The van der Waals surface area contributed by atoms with Crippen molar-refractivity contribution in [2.75, 3.05) is 19.6 Å². The van der Waals surface area contributed by atoms with Crippen molar-refractivity contribution < 1.29 is 4.79 Å². The molecule has 1 rings (SSSR count). The van der Waals surface area contributed by atoms with Crippen molar-refractivity contribution in [3.05, 3.63) is 0 Å². The summed E-state index contributed by atoms with van der Waals surface area (Å²) in [6.45, 7) is 13.9. The van der Waals surface area contributed by atoms with E-state index in [9.17, 15) is 4.79 Å². The Morgan fingerprint density at radius 3 is 2.44 bits per heavy atom. The Morgan fingerprint density at radius 2 is 2.00 bits per heavy atom. The average molecular weight is 254 g/mol. The predicted octanol–water partition coefficient (Wildman–Crippen LogP) is 2.52. The van der Waals surface area contributed by atoms with Gasteiger partial charge in [-0.15, -0.1) is 0 Å². The van der Waals surface area contributed by atoms with E-state index in [1.54, 1.807) is 0 Å². The Hall–Kier alpha value is -0.570. The Balaban J connectivity index is 2.56. The van der Waals surface area contributed by atoms with Crippen LogP contribution in [0.25, 0.3) is 0 Å². The molecule has 0 aromatic rings. The van der Waals surface area contributed by atoms with Gasteiger partial charge in [-0.3, -0.25) is 4.79 Å². The molecule has 3 atom stereocenters. The molecule has 1 saturated heterocycles. The molecule has 1 fully saturated rings. The molecule has 0 saturated carbocycles. The number of hydrogen-bond acceptors (Lipinski definition) is 2. The Labute approximate surface area is 112 Å². The molecule has 1 amide bonds. The molecule has 18 heavy (non-hydrogen) atoms. The van der Waals surface area contributed by atoms with E-state index in [1.807, 2.05) is 0 Å². The zero-order valence-electron chi connectivity index (χ0n) is 12.7. The van der Waals surface area contributed by atoms with Gasteiger partial charge < -0.3 is 10.2 Å². The van der Waals surface area contributed by atoms with Crippen molar-refractivity contribution >= 4 is 5.91 Å². The first-order valence-electron chi connectivity index (χ1n) is 7.50. The minimum Gasteiger partial charge on any atom is -0.341 e. The number of amides is 1. The van der Waals surface area contributed by atoms with Gasteiger partial charge in [-0.05, 0) is 24.3 Å². The maximum Gasteiger partial charge on any atom is 0.222 e. The molecule has 3 heteroatoms. The highest BCUT2D eigenvalue weighted by Crippen LogP contribution is 2.25. The first-order valence-corrected chi connectivity index (χ1v) is 7.50. The quantitative estimate of drug-likeness (QED) is 0.757. The number of nitrogens with zero attached hydrogens (tertiary/aromatic N) is 1. The molecule has 0 aromatic heterocycles. The summed E-state index contributed by atoms with van der Waals surface area (Å²) in [5, 5.41) is 3.53. The lowest BCUT2D eigenvalue weighted by Crippen LogP contribution is -2.45. The summed E-state index contributed by atoms with van der Waals surface area (Å²) in [7, 11) is 0. The fraction of sp³-hybridized carbons (Fsp3) is 0.933. The molecule has 0 radical (unpaired) electrons. The van der Waals surface area contributed by atoms with Crippen molar-refractivity contribution in [1.29, 1.82) is 0 Å². The van der Waals surface area contributed by atoms with E-state index in [0.29, 0.717) is 29.7 Å². The number of likely N-dealkylation sites (tertiary alicyclic amines) is 1. The number of carbonyl (C=O) groups excluding carboxylic acids is 1. The highest BCUT2D eigenvalue weighted by atomic mass is 16.2. The molecule has 1 N–H and O–H groups in total. The third-order valence-electron chi connectivity index (χ3n) is 4.40. The first-order chi connectivity index (χ1) is 8.49. The van der Waals surface area contributed by atoms with E-state index < -0.39 is 0 Å². The Bertz CT molecular complexity index is 265. The van der Waals surface area contributed by atoms with Gasteiger partial charge in [-0.1, -0.05) is 41.0 Å². The largest absolute Gasteiger partial charge is 0.341 e. The molecule has 0 spiro atoms. The number of carbonyl (C=O) groups is 1. The van der Waals surface area contributed by atoms with Crippen LogP contribution < -0.4 is 5.32 Å². The molecule has 3 nitrogen and oxygen atoms in total. The standard InChI is InChI=1S/C15H30N2O/c1-6-12(5)14(16-7-2)10-17-9-13(11(3)4)8-15(17)18/h11-14,16H,6-10H2,1-5H3. The van der Waals surface area contributed by atoms with Gasteiger partial charge in [0.25, 0.3) is 0 Å². The summed E-state index contributed by atoms with van der Waals surface area (Å²) in [5.41, 5.74) is 0. The van der Waals surface area contributed by atoms with Gasteiger partial charge in [0.15, 0.2) is 0 Å². The lowest BCUT2D eigenvalue weighted by molar-refractivity contribution is -0.128. The van der Waals surface area contributed by atoms with Crippen LogP contribution in [-0.2, 0) is 4.79 Å². The Morgan fingerprint density at radius 1 is 1.33 bits per heavy atom. The highest BCUT2D eigenvalue weighted by Gasteiger charge is 2.33. The summed E-state index contributed by atoms with van der Waals surface area (Å²) < 4.78 is 0. The highest BCUT2D eigenvalue weighted by molar-refractivity contribution is 5.78.